The van der Waals surface area contributed by atoms with Gasteiger partial charge in [-0.15, -0.1) is 0 Å². The largest absolute Gasteiger partial charge is 0.497 e. The van der Waals surface area contributed by atoms with Crippen molar-refractivity contribution < 1.29 is 22.3 Å². The molecule has 33 heavy (non-hydrogen) atoms. The van der Waals surface area contributed by atoms with Gasteiger partial charge in [-0.25, -0.2) is 12.8 Å². The number of sulfonamides is 1. The number of carbonyl (C=O) groups is 1. The summed E-state index contributed by atoms with van der Waals surface area (Å²) in [5.41, 5.74) is -0.170. The molecule has 1 aliphatic rings. The predicted octanol–water partition coefficient (Wildman–Crippen LogP) is 4.60. The number of anilines is 1. The van der Waals surface area contributed by atoms with E-state index in [4.69, 9.17) is 4.74 Å². The van der Waals surface area contributed by atoms with E-state index in [1.165, 1.54) is 87.7 Å². The Kier molecular flexibility index (Phi) is 9.43. The fourth-order valence-electron chi connectivity index (χ4n) is 3.80. The van der Waals surface area contributed by atoms with E-state index in [1.54, 1.807) is 0 Å². The van der Waals surface area contributed by atoms with Gasteiger partial charge in [-0.2, -0.15) is 11.8 Å². The quantitative estimate of drug-likeness (QED) is 0.462. The third-order valence-corrected chi connectivity index (χ3v) is 8.85. The van der Waals surface area contributed by atoms with Crippen molar-refractivity contribution in [1.29, 1.82) is 0 Å². The van der Waals surface area contributed by atoms with Crippen molar-refractivity contribution in [3.8, 4) is 5.75 Å². The van der Waals surface area contributed by atoms with E-state index in [-0.39, 0.29) is 10.6 Å². The van der Waals surface area contributed by atoms with Crippen LogP contribution in [0.2, 0.25) is 0 Å². The van der Waals surface area contributed by atoms with Gasteiger partial charge in [-0.1, -0.05) is 31.4 Å². The highest BCUT2D eigenvalue weighted by Crippen LogP contribution is 2.29. The Morgan fingerprint density at radius 1 is 1.12 bits per heavy atom. The minimum absolute atomic E-state index is 0.0526. The highest BCUT2D eigenvalue weighted by atomic mass is 32.2. The minimum Gasteiger partial charge on any atom is -0.497 e. The Balaban J connectivity index is 1.64. The highest BCUT2D eigenvalue weighted by molar-refractivity contribution is 7.99. The van der Waals surface area contributed by atoms with E-state index in [2.05, 4.69) is 5.32 Å². The lowest BCUT2D eigenvalue weighted by Gasteiger charge is -2.24. The lowest BCUT2D eigenvalue weighted by Crippen LogP contribution is -2.41. The van der Waals surface area contributed by atoms with Gasteiger partial charge in [0.15, 0.2) is 0 Å². The molecule has 1 amide bonds. The van der Waals surface area contributed by atoms with Crippen LogP contribution in [0.5, 0.6) is 5.75 Å². The standard InChI is InChI=1S/C24H31FN2O4S2/c1-31-19-12-14-21(15-13-19)33(29,30)27(23-11-6-5-10-22(23)25)18-24(28)26-16-7-17-32-20-8-3-2-4-9-20/h5-6,10-15,20H,2-4,7-9,16-18H2,1H3,(H,26,28). The number of ether oxygens (including phenoxy) is 1. The molecule has 0 bridgehead atoms. The smallest absolute Gasteiger partial charge is 0.264 e. The van der Waals surface area contributed by atoms with Crippen LogP contribution in [0.4, 0.5) is 10.1 Å². The molecule has 0 radical (unpaired) electrons. The van der Waals surface area contributed by atoms with Gasteiger partial charge in [0.25, 0.3) is 10.0 Å². The fraction of sp³-hybridized carbons (Fsp3) is 0.458. The Labute approximate surface area is 199 Å². The number of rotatable bonds is 11. The summed E-state index contributed by atoms with van der Waals surface area (Å²) in [6.07, 6.45) is 7.24. The maximum absolute atomic E-state index is 14.5. The molecule has 1 aliphatic carbocycles. The van der Waals surface area contributed by atoms with Crippen LogP contribution < -0.4 is 14.4 Å². The van der Waals surface area contributed by atoms with Crippen molar-refractivity contribution in [2.45, 2.75) is 48.7 Å². The lowest BCUT2D eigenvalue weighted by atomic mass is 10.0. The molecule has 0 unspecified atom stereocenters. The molecule has 0 aromatic heterocycles. The van der Waals surface area contributed by atoms with Crippen molar-refractivity contribution in [2.24, 2.45) is 0 Å². The SMILES string of the molecule is COc1ccc(S(=O)(=O)N(CC(=O)NCCCSC2CCCCC2)c2ccccc2F)cc1. The number of nitrogens with zero attached hydrogens (tertiary/aromatic N) is 1. The molecule has 1 fully saturated rings. The molecule has 180 valence electrons. The molecule has 9 heteroatoms. The van der Waals surface area contributed by atoms with Crippen LogP contribution in [0.15, 0.2) is 53.4 Å². The minimum atomic E-state index is -4.17. The Morgan fingerprint density at radius 2 is 1.82 bits per heavy atom. The van der Waals surface area contributed by atoms with Crippen LogP contribution >= 0.6 is 11.8 Å². The van der Waals surface area contributed by atoms with Gasteiger partial charge in [0.1, 0.15) is 18.1 Å². The number of carbonyl (C=O) groups excluding carboxylic acids is 1. The molecule has 1 saturated carbocycles. The fourth-order valence-corrected chi connectivity index (χ4v) is 6.54. The lowest BCUT2D eigenvalue weighted by molar-refractivity contribution is -0.119. The summed E-state index contributed by atoms with van der Waals surface area (Å²) in [6.45, 7) is -0.0582. The van der Waals surface area contributed by atoms with Crippen LogP contribution in [0.3, 0.4) is 0 Å². The second-order valence-corrected chi connectivity index (χ2v) is 11.2. The summed E-state index contributed by atoms with van der Waals surface area (Å²) in [5.74, 6) is 0.256. The van der Waals surface area contributed by atoms with Crippen LogP contribution in [-0.4, -0.2) is 45.5 Å². The molecular weight excluding hydrogens is 463 g/mol. The highest BCUT2D eigenvalue weighted by Gasteiger charge is 2.29. The summed E-state index contributed by atoms with van der Waals surface area (Å²) in [4.78, 5) is 12.6. The van der Waals surface area contributed by atoms with Crippen LogP contribution in [0.1, 0.15) is 38.5 Å². The van der Waals surface area contributed by atoms with Crippen molar-refractivity contribution >= 4 is 33.4 Å². The summed E-state index contributed by atoms with van der Waals surface area (Å²) >= 11 is 1.95. The zero-order valence-electron chi connectivity index (χ0n) is 18.8. The molecule has 0 atom stereocenters. The van der Waals surface area contributed by atoms with Crippen molar-refractivity contribution in [2.75, 3.05) is 30.3 Å². The molecular formula is C24H31FN2O4S2. The average Bonchev–Trinajstić information content (AvgIpc) is 2.83. The summed E-state index contributed by atoms with van der Waals surface area (Å²) in [5, 5.41) is 3.49. The van der Waals surface area contributed by atoms with E-state index in [9.17, 15) is 17.6 Å². The number of methoxy groups -OCH3 is 1. The number of hydrogen-bond donors (Lipinski definition) is 1. The summed E-state index contributed by atoms with van der Waals surface area (Å²) in [6, 6.07) is 11.3. The molecule has 3 rings (SSSR count). The van der Waals surface area contributed by atoms with Gasteiger partial charge in [-0.05, 0) is 61.4 Å². The topological polar surface area (TPSA) is 75.7 Å². The Morgan fingerprint density at radius 3 is 2.48 bits per heavy atom. The van der Waals surface area contributed by atoms with E-state index in [0.29, 0.717) is 17.5 Å². The second-order valence-electron chi connectivity index (χ2n) is 7.97. The number of benzene rings is 2. The van der Waals surface area contributed by atoms with Crippen molar-refractivity contribution in [3.05, 3.63) is 54.3 Å². The first-order chi connectivity index (χ1) is 15.9. The van der Waals surface area contributed by atoms with E-state index in [1.807, 2.05) is 11.8 Å². The van der Waals surface area contributed by atoms with Crippen molar-refractivity contribution in [1.82, 2.24) is 5.32 Å². The third-order valence-electron chi connectivity index (χ3n) is 5.60. The van der Waals surface area contributed by atoms with Crippen LogP contribution in [0.25, 0.3) is 0 Å². The zero-order valence-corrected chi connectivity index (χ0v) is 20.5. The number of thioether (sulfide) groups is 1. The first-order valence-corrected chi connectivity index (χ1v) is 13.7. The Bertz CT molecular complexity index is 1010. The van der Waals surface area contributed by atoms with Gasteiger partial charge in [0, 0.05) is 11.8 Å². The molecule has 6 nitrogen and oxygen atoms in total. The molecule has 2 aromatic rings. The van der Waals surface area contributed by atoms with Gasteiger partial charge in [0.2, 0.25) is 5.91 Å². The van der Waals surface area contributed by atoms with Gasteiger partial charge in [0.05, 0.1) is 17.7 Å². The number of nitrogens with one attached hydrogen (secondary N) is 1. The third kappa shape index (κ3) is 7.11. The summed E-state index contributed by atoms with van der Waals surface area (Å²) < 4.78 is 47.0. The van der Waals surface area contributed by atoms with Crippen LogP contribution in [-0.2, 0) is 14.8 Å². The zero-order chi connectivity index (χ0) is 23.7. The predicted molar refractivity (Wildman–Crippen MR) is 131 cm³/mol. The number of para-hydroxylation sites is 1. The molecule has 0 spiro atoms. The van der Waals surface area contributed by atoms with Gasteiger partial charge < -0.3 is 10.1 Å². The first kappa shape index (κ1) is 25.4. The Hall–Kier alpha value is -2.26. The normalized spacial score (nSPS) is 14.6. The maximum Gasteiger partial charge on any atom is 0.264 e. The van der Waals surface area contributed by atoms with Gasteiger partial charge in [-0.3, -0.25) is 9.10 Å². The number of halogens is 1. The van der Waals surface area contributed by atoms with Crippen LogP contribution in [0, 0.1) is 5.82 Å². The molecule has 0 heterocycles. The molecule has 0 aliphatic heterocycles. The number of amides is 1. The average molecular weight is 495 g/mol. The van der Waals surface area contributed by atoms with E-state index >= 15 is 0 Å². The van der Waals surface area contributed by atoms with Gasteiger partial charge >= 0.3 is 0 Å². The second kappa shape index (κ2) is 12.3. The monoisotopic (exact) mass is 494 g/mol. The summed E-state index contributed by atoms with van der Waals surface area (Å²) in [7, 11) is -2.69. The van der Waals surface area contributed by atoms with Crippen molar-refractivity contribution in [3.63, 3.8) is 0 Å². The van der Waals surface area contributed by atoms with E-state index < -0.39 is 28.3 Å². The number of hydrogen-bond acceptors (Lipinski definition) is 5. The molecule has 1 N–H and O–H groups in total. The maximum atomic E-state index is 14.5. The van der Waals surface area contributed by atoms with E-state index in [0.717, 1.165) is 16.5 Å². The first-order valence-electron chi connectivity index (χ1n) is 11.2. The molecule has 0 saturated heterocycles. The molecule has 2 aromatic carbocycles.